The van der Waals surface area contributed by atoms with Gasteiger partial charge in [-0.2, -0.15) is 0 Å². The van der Waals surface area contributed by atoms with E-state index in [1.165, 1.54) is 12.1 Å². The summed E-state index contributed by atoms with van der Waals surface area (Å²) in [4.78, 5) is 35.8. The molecule has 0 spiro atoms. The Labute approximate surface area is 157 Å². The smallest absolute Gasteiger partial charge is 0.322 e. The van der Waals surface area contributed by atoms with Gasteiger partial charge < -0.3 is 5.32 Å². The van der Waals surface area contributed by atoms with Crippen LogP contribution in [0.25, 0.3) is 11.4 Å². The molecule has 0 fully saturated rings. The first-order valence-electron chi connectivity index (χ1n) is 7.61. The van der Waals surface area contributed by atoms with E-state index < -0.39 is 32.1 Å². The molecule has 0 bridgehead atoms. The fourth-order valence-corrected chi connectivity index (χ4v) is 3.01. The zero-order valence-electron chi connectivity index (χ0n) is 14.2. The number of carbonyl (C=O) groups excluding carboxylic acids is 1. The van der Waals surface area contributed by atoms with Crippen molar-refractivity contribution in [3.05, 3.63) is 68.7 Å². The number of amides is 1. The van der Waals surface area contributed by atoms with Crippen LogP contribution in [0.4, 0.5) is 11.4 Å². The zero-order chi connectivity index (χ0) is 20.5. The summed E-state index contributed by atoms with van der Waals surface area (Å²) in [7, 11) is -3.76. The number of H-pyrrole nitrogens is 1. The van der Waals surface area contributed by atoms with Gasteiger partial charge in [-0.05, 0) is 18.2 Å². The van der Waals surface area contributed by atoms with Crippen LogP contribution in [-0.2, 0) is 9.84 Å². The molecule has 0 saturated carbocycles. The maximum atomic E-state index is 12.5. The lowest BCUT2D eigenvalue weighted by Crippen LogP contribution is -2.13. The first-order chi connectivity index (χ1) is 13.1. The number of nitrogens with zero attached hydrogens (tertiary/aromatic N) is 2. The molecule has 0 radical (unpaired) electrons. The van der Waals surface area contributed by atoms with E-state index >= 15 is 0 Å². The van der Waals surface area contributed by atoms with Gasteiger partial charge in [0.25, 0.3) is 11.6 Å². The van der Waals surface area contributed by atoms with Crippen LogP contribution in [0.1, 0.15) is 10.4 Å². The Morgan fingerprint density at radius 1 is 1.25 bits per heavy atom. The summed E-state index contributed by atoms with van der Waals surface area (Å²) in [5.74, 6) is -1.34. The third-order valence-electron chi connectivity index (χ3n) is 3.63. The quantitative estimate of drug-likeness (QED) is 0.478. The van der Waals surface area contributed by atoms with Crippen molar-refractivity contribution in [3.63, 3.8) is 0 Å². The standard InChI is InChI=1S/C16H12N4O7S/c1-28(25,26)13-7-10(6-12(8-13)20(23)24)15(21)17-11-4-2-3-9(5-11)14-18-16(22)27-19-14/h2-8H,1H3,(H,17,21)(H,18,19,22). The number of nitro benzene ring substituents is 1. The topological polar surface area (TPSA) is 165 Å². The highest BCUT2D eigenvalue weighted by molar-refractivity contribution is 7.90. The van der Waals surface area contributed by atoms with Crippen molar-refractivity contribution in [2.75, 3.05) is 11.6 Å². The predicted molar refractivity (Wildman–Crippen MR) is 96.7 cm³/mol. The number of nitro groups is 1. The number of non-ortho nitro benzene ring substituents is 1. The molecule has 2 aromatic carbocycles. The Morgan fingerprint density at radius 2 is 2.00 bits per heavy atom. The molecule has 1 aromatic heterocycles. The van der Waals surface area contributed by atoms with Gasteiger partial charge in [-0.1, -0.05) is 17.3 Å². The number of hydrogen-bond acceptors (Lipinski definition) is 8. The van der Waals surface area contributed by atoms with Crippen LogP contribution in [0.15, 0.2) is 56.7 Å². The second kappa shape index (κ2) is 7.08. The van der Waals surface area contributed by atoms with E-state index in [-0.39, 0.29) is 16.3 Å². The molecule has 144 valence electrons. The third kappa shape index (κ3) is 4.12. The molecule has 0 unspecified atom stereocenters. The molecular weight excluding hydrogens is 392 g/mol. The molecule has 3 rings (SSSR count). The lowest BCUT2D eigenvalue weighted by molar-refractivity contribution is -0.385. The molecular formula is C16H12N4O7S. The molecule has 0 aliphatic carbocycles. The first kappa shape index (κ1) is 19.0. The summed E-state index contributed by atoms with van der Waals surface area (Å²) in [5.41, 5.74) is 0.00940. The zero-order valence-corrected chi connectivity index (χ0v) is 15.0. The average Bonchev–Trinajstić information content (AvgIpc) is 3.07. The van der Waals surface area contributed by atoms with Crippen molar-refractivity contribution in [2.24, 2.45) is 0 Å². The molecule has 1 amide bonds. The molecule has 3 aromatic rings. The van der Waals surface area contributed by atoms with Gasteiger partial charge in [0.1, 0.15) is 0 Å². The molecule has 28 heavy (non-hydrogen) atoms. The van der Waals surface area contributed by atoms with Crippen LogP contribution in [0, 0.1) is 10.1 Å². The number of benzene rings is 2. The summed E-state index contributed by atoms with van der Waals surface area (Å²) in [6, 6.07) is 9.12. The number of sulfone groups is 1. The van der Waals surface area contributed by atoms with Crippen molar-refractivity contribution >= 4 is 27.1 Å². The SMILES string of the molecule is CS(=O)(=O)c1cc(C(=O)Nc2cccc(-c3noc(=O)[nH]3)c2)cc([N+](=O)[O-])c1. The van der Waals surface area contributed by atoms with Crippen LogP contribution < -0.4 is 11.1 Å². The second-order valence-corrected chi connectivity index (χ2v) is 7.74. The minimum absolute atomic E-state index is 0.149. The monoisotopic (exact) mass is 404 g/mol. The van der Waals surface area contributed by atoms with E-state index in [1.807, 2.05) is 0 Å². The number of aromatic amines is 1. The van der Waals surface area contributed by atoms with Gasteiger partial charge in [-0.15, -0.1) is 0 Å². The molecule has 0 atom stereocenters. The van der Waals surface area contributed by atoms with Crippen LogP contribution in [0.3, 0.4) is 0 Å². The van der Waals surface area contributed by atoms with Gasteiger partial charge in [-0.25, -0.2) is 13.2 Å². The number of hydrogen-bond donors (Lipinski definition) is 2. The number of aromatic nitrogens is 2. The Morgan fingerprint density at radius 3 is 2.61 bits per heavy atom. The van der Waals surface area contributed by atoms with E-state index in [2.05, 4.69) is 20.0 Å². The lowest BCUT2D eigenvalue weighted by Gasteiger charge is -2.08. The number of anilines is 1. The van der Waals surface area contributed by atoms with Crippen molar-refractivity contribution in [3.8, 4) is 11.4 Å². The third-order valence-corrected chi connectivity index (χ3v) is 4.72. The molecule has 12 heteroatoms. The van der Waals surface area contributed by atoms with Crippen LogP contribution in [-0.4, -0.2) is 35.6 Å². The van der Waals surface area contributed by atoms with E-state index in [4.69, 9.17) is 0 Å². The fraction of sp³-hybridized carbons (Fsp3) is 0.0625. The van der Waals surface area contributed by atoms with E-state index in [9.17, 15) is 28.1 Å². The molecule has 11 nitrogen and oxygen atoms in total. The molecule has 1 heterocycles. The summed E-state index contributed by atoms with van der Waals surface area (Å²) in [6.45, 7) is 0. The fourth-order valence-electron chi connectivity index (χ4n) is 2.34. The molecule has 0 aliphatic heterocycles. The van der Waals surface area contributed by atoms with Gasteiger partial charge in [0.05, 0.1) is 9.82 Å². The van der Waals surface area contributed by atoms with Crippen LogP contribution in [0.2, 0.25) is 0 Å². The Kier molecular flexibility index (Phi) is 4.79. The highest BCUT2D eigenvalue weighted by Crippen LogP contribution is 2.23. The highest BCUT2D eigenvalue weighted by Gasteiger charge is 2.19. The summed E-state index contributed by atoms with van der Waals surface area (Å²) >= 11 is 0. The summed E-state index contributed by atoms with van der Waals surface area (Å²) < 4.78 is 27.9. The molecule has 2 N–H and O–H groups in total. The van der Waals surface area contributed by atoms with E-state index in [0.29, 0.717) is 11.3 Å². The van der Waals surface area contributed by atoms with E-state index in [0.717, 1.165) is 24.5 Å². The summed E-state index contributed by atoms with van der Waals surface area (Å²) in [6.07, 6.45) is 0.885. The highest BCUT2D eigenvalue weighted by atomic mass is 32.2. The lowest BCUT2D eigenvalue weighted by atomic mass is 10.1. The molecule has 0 aliphatic rings. The second-order valence-electron chi connectivity index (χ2n) is 5.72. The maximum absolute atomic E-state index is 12.5. The van der Waals surface area contributed by atoms with Gasteiger partial charge in [-0.3, -0.25) is 24.4 Å². The minimum Gasteiger partial charge on any atom is -0.322 e. The number of carbonyl (C=O) groups is 1. The van der Waals surface area contributed by atoms with Crippen LogP contribution >= 0.6 is 0 Å². The van der Waals surface area contributed by atoms with Crippen LogP contribution in [0.5, 0.6) is 0 Å². The van der Waals surface area contributed by atoms with Gasteiger partial charge >= 0.3 is 5.76 Å². The number of nitrogens with one attached hydrogen (secondary N) is 2. The van der Waals surface area contributed by atoms with E-state index in [1.54, 1.807) is 12.1 Å². The Hall–Kier alpha value is -3.80. The van der Waals surface area contributed by atoms with Gasteiger partial charge in [0.15, 0.2) is 15.7 Å². The predicted octanol–water partition coefficient (Wildman–Crippen LogP) is 1.59. The maximum Gasteiger partial charge on any atom is 0.439 e. The minimum atomic E-state index is -3.76. The van der Waals surface area contributed by atoms with Crippen molar-refractivity contribution in [1.29, 1.82) is 0 Å². The number of rotatable bonds is 5. The Bertz CT molecular complexity index is 1240. The van der Waals surface area contributed by atoms with Crippen molar-refractivity contribution in [1.82, 2.24) is 10.1 Å². The normalized spacial score (nSPS) is 11.2. The summed E-state index contributed by atoms with van der Waals surface area (Å²) in [5, 5.41) is 17.1. The molecule has 0 saturated heterocycles. The largest absolute Gasteiger partial charge is 0.439 e. The average molecular weight is 404 g/mol. The first-order valence-corrected chi connectivity index (χ1v) is 9.50. The Balaban J connectivity index is 1.94. The van der Waals surface area contributed by atoms with Gasteiger partial charge in [0.2, 0.25) is 0 Å². The van der Waals surface area contributed by atoms with Crippen molar-refractivity contribution < 1.29 is 22.7 Å². The van der Waals surface area contributed by atoms with Crippen molar-refractivity contribution in [2.45, 2.75) is 4.90 Å². The van der Waals surface area contributed by atoms with Gasteiger partial charge in [0, 0.05) is 35.2 Å².